The largest absolute Gasteiger partial charge is 0.507 e. The van der Waals surface area contributed by atoms with Crippen molar-refractivity contribution in [1.82, 2.24) is 10.3 Å². The van der Waals surface area contributed by atoms with Gasteiger partial charge in [0, 0.05) is 28.9 Å². The van der Waals surface area contributed by atoms with Gasteiger partial charge in [-0.25, -0.2) is 5.43 Å². The van der Waals surface area contributed by atoms with E-state index in [-0.39, 0.29) is 30.0 Å². The van der Waals surface area contributed by atoms with E-state index < -0.39 is 0 Å². The summed E-state index contributed by atoms with van der Waals surface area (Å²) in [6, 6.07) is 14.7. The van der Waals surface area contributed by atoms with Crippen LogP contribution in [0.2, 0.25) is 0 Å². The van der Waals surface area contributed by atoms with E-state index in [0.717, 1.165) is 10.0 Å². The van der Waals surface area contributed by atoms with Crippen molar-refractivity contribution < 1.29 is 14.7 Å². The quantitative estimate of drug-likeness (QED) is 0.581. The number of carbonyl (C=O) groups excluding carboxylic acids is 2. The number of phenols is 1. The molecule has 1 aliphatic rings. The molecule has 1 saturated heterocycles. The Hall–Kier alpha value is -2.67. The molecule has 0 radical (unpaired) electrons. The van der Waals surface area contributed by atoms with Crippen LogP contribution in [0.25, 0.3) is 0 Å². The van der Waals surface area contributed by atoms with Crippen LogP contribution in [0.1, 0.15) is 23.5 Å². The Morgan fingerprint density at radius 1 is 1.31 bits per heavy atom. The van der Waals surface area contributed by atoms with Crippen molar-refractivity contribution in [2.75, 3.05) is 13.1 Å². The number of likely N-dealkylation sites (tertiary alicyclic amines) is 1. The first-order valence-corrected chi connectivity index (χ1v) is 8.95. The molecule has 1 aliphatic heterocycles. The van der Waals surface area contributed by atoms with Crippen LogP contribution in [-0.4, -0.2) is 41.1 Å². The molecule has 0 unspecified atom stereocenters. The monoisotopic (exact) mass is 415 g/mol. The normalized spacial score (nSPS) is 17.0. The lowest BCUT2D eigenvalue weighted by Gasteiger charge is -2.15. The summed E-state index contributed by atoms with van der Waals surface area (Å²) in [7, 11) is 0. The first kappa shape index (κ1) is 18.1. The van der Waals surface area contributed by atoms with Gasteiger partial charge >= 0.3 is 0 Å². The second-order valence-electron chi connectivity index (χ2n) is 6.08. The highest BCUT2D eigenvalue weighted by atomic mass is 79.9. The summed E-state index contributed by atoms with van der Waals surface area (Å²) in [5.41, 5.74) is 3.97. The van der Waals surface area contributed by atoms with E-state index in [1.165, 1.54) is 12.3 Å². The van der Waals surface area contributed by atoms with Gasteiger partial charge in [-0.3, -0.25) is 9.59 Å². The van der Waals surface area contributed by atoms with E-state index >= 15 is 0 Å². The molecule has 2 aromatic rings. The summed E-state index contributed by atoms with van der Waals surface area (Å²) in [5, 5.41) is 13.6. The van der Waals surface area contributed by atoms with Gasteiger partial charge in [0.2, 0.25) is 5.91 Å². The first-order chi connectivity index (χ1) is 12.5. The third-order valence-corrected chi connectivity index (χ3v) is 4.70. The molecular formula is C19H18BrN3O3. The maximum absolute atomic E-state index is 12.1. The van der Waals surface area contributed by atoms with Crippen molar-refractivity contribution in [1.29, 1.82) is 0 Å². The predicted molar refractivity (Wildman–Crippen MR) is 102 cm³/mol. The van der Waals surface area contributed by atoms with Crippen molar-refractivity contribution in [2.24, 2.45) is 5.10 Å². The van der Waals surface area contributed by atoms with Gasteiger partial charge in [0.15, 0.2) is 0 Å². The third kappa shape index (κ3) is 4.49. The van der Waals surface area contributed by atoms with Crippen LogP contribution in [0, 0.1) is 0 Å². The molecule has 1 atom stereocenters. The molecule has 2 N–H and O–H groups in total. The van der Waals surface area contributed by atoms with Crippen molar-refractivity contribution in [3.63, 3.8) is 0 Å². The number of rotatable bonds is 5. The molecule has 7 heteroatoms. The molecule has 2 amide bonds. The van der Waals surface area contributed by atoms with Gasteiger partial charge in [0.1, 0.15) is 12.3 Å². The maximum Gasteiger partial charge on any atom is 0.259 e. The van der Waals surface area contributed by atoms with Crippen LogP contribution < -0.4 is 5.43 Å². The smallest absolute Gasteiger partial charge is 0.259 e. The van der Waals surface area contributed by atoms with E-state index in [1.54, 1.807) is 17.0 Å². The molecule has 0 saturated carbocycles. The second-order valence-corrected chi connectivity index (χ2v) is 7.00. The number of hydrogen-bond acceptors (Lipinski definition) is 4. The van der Waals surface area contributed by atoms with Crippen LogP contribution in [0.15, 0.2) is 58.1 Å². The number of nitrogens with one attached hydrogen (secondary N) is 1. The maximum atomic E-state index is 12.1. The molecule has 3 rings (SSSR count). The second kappa shape index (κ2) is 8.14. The molecule has 6 nitrogen and oxygen atoms in total. The SMILES string of the molecule is O=C(CN1C[C@H](c2ccccc2)CC1=O)N/N=C\c1cc(Br)ccc1O. The zero-order chi connectivity index (χ0) is 18.5. The standard InChI is InChI=1S/C19H18BrN3O3/c20-16-6-7-17(24)14(8-16)10-21-22-18(25)12-23-11-15(9-19(23)26)13-4-2-1-3-5-13/h1-8,10,15,24H,9,11-12H2,(H,22,25)/b21-10-/t15-/m1/s1. The Balaban J connectivity index is 1.54. The van der Waals surface area contributed by atoms with Gasteiger partial charge in [0.05, 0.1) is 6.21 Å². The van der Waals surface area contributed by atoms with Crippen molar-refractivity contribution >= 4 is 34.0 Å². The highest BCUT2D eigenvalue weighted by Gasteiger charge is 2.31. The van der Waals surface area contributed by atoms with E-state index in [1.807, 2.05) is 30.3 Å². The number of amides is 2. The number of halogens is 1. The predicted octanol–water partition coefficient (Wildman–Crippen LogP) is 2.62. The Bertz CT molecular complexity index is 839. The molecule has 0 aromatic heterocycles. The fourth-order valence-electron chi connectivity index (χ4n) is 2.88. The lowest BCUT2D eigenvalue weighted by atomic mass is 9.99. The van der Waals surface area contributed by atoms with Gasteiger partial charge in [-0.15, -0.1) is 0 Å². The summed E-state index contributed by atoms with van der Waals surface area (Å²) >= 11 is 3.30. The molecule has 0 bridgehead atoms. The number of carbonyl (C=O) groups is 2. The van der Waals surface area contributed by atoms with E-state index in [2.05, 4.69) is 26.5 Å². The molecule has 134 valence electrons. The minimum Gasteiger partial charge on any atom is -0.507 e. The van der Waals surface area contributed by atoms with Gasteiger partial charge in [0.25, 0.3) is 5.91 Å². The van der Waals surface area contributed by atoms with Crippen molar-refractivity contribution in [3.05, 3.63) is 64.1 Å². The Morgan fingerprint density at radius 3 is 2.85 bits per heavy atom. The molecular weight excluding hydrogens is 398 g/mol. The highest BCUT2D eigenvalue weighted by Crippen LogP contribution is 2.27. The molecule has 2 aromatic carbocycles. The Morgan fingerprint density at radius 2 is 2.08 bits per heavy atom. The molecule has 1 heterocycles. The number of benzene rings is 2. The lowest BCUT2D eigenvalue weighted by molar-refractivity contribution is -0.133. The van der Waals surface area contributed by atoms with Crippen LogP contribution in [0.4, 0.5) is 0 Å². The summed E-state index contributed by atoms with van der Waals surface area (Å²) < 4.78 is 0.790. The number of hydrogen-bond donors (Lipinski definition) is 2. The Labute approximate surface area is 159 Å². The summed E-state index contributed by atoms with van der Waals surface area (Å²) in [6.45, 7) is 0.483. The zero-order valence-electron chi connectivity index (χ0n) is 13.9. The average Bonchev–Trinajstić information content (AvgIpc) is 2.99. The Kier molecular flexibility index (Phi) is 5.68. The number of nitrogens with zero attached hydrogens (tertiary/aromatic N) is 2. The molecule has 1 fully saturated rings. The summed E-state index contributed by atoms with van der Waals surface area (Å²) in [5.74, 6) is -0.245. The average molecular weight is 416 g/mol. The first-order valence-electron chi connectivity index (χ1n) is 8.16. The highest BCUT2D eigenvalue weighted by molar-refractivity contribution is 9.10. The molecule has 0 aliphatic carbocycles. The van der Waals surface area contributed by atoms with E-state index in [0.29, 0.717) is 18.5 Å². The summed E-state index contributed by atoms with van der Waals surface area (Å²) in [6.07, 6.45) is 1.77. The lowest BCUT2D eigenvalue weighted by Crippen LogP contribution is -2.36. The number of hydrazone groups is 1. The van der Waals surface area contributed by atoms with Crippen molar-refractivity contribution in [2.45, 2.75) is 12.3 Å². The summed E-state index contributed by atoms with van der Waals surface area (Å²) in [4.78, 5) is 25.7. The molecule has 0 spiro atoms. The third-order valence-electron chi connectivity index (χ3n) is 4.20. The number of aromatic hydroxyl groups is 1. The minimum absolute atomic E-state index is 0.0377. The topological polar surface area (TPSA) is 82.0 Å². The van der Waals surface area contributed by atoms with Crippen molar-refractivity contribution in [3.8, 4) is 5.75 Å². The van der Waals surface area contributed by atoms with Crippen LogP contribution >= 0.6 is 15.9 Å². The fraction of sp³-hybridized carbons (Fsp3) is 0.211. The van der Waals surface area contributed by atoms with Crippen LogP contribution in [0.3, 0.4) is 0 Å². The van der Waals surface area contributed by atoms with Gasteiger partial charge in [-0.1, -0.05) is 46.3 Å². The fourth-order valence-corrected chi connectivity index (χ4v) is 3.26. The van der Waals surface area contributed by atoms with Crippen LogP contribution in [-0.2, 0) is 9.59 Å². The van der Waals surface area contributed by atoms with E-state index in [4.69, 9.17) is 0 Å². The van der Waals surface area contributed by atoms with E-state index in [9.17, 15) is 14.7 Å². The van der Waals surface area contributed by atoms with Crippen LogP contribution in [0.5, 0.6) is 5.75 Å². The van der Waals surface area contributed by atoms with Gasteiger partial charge in [-0.2, -0.15) is 5.10 Å². The number of phenolic OH excluding ortho intramolecular Hbond substituents is 1. The molecule has 26 heavy (non-hydrogen) atoms. The zero-order valence-corrected chi connectivity index (χ0v) is 15.5. The van der Waals surface area contributed by atoms with Gasteiger partial charge in [-0.05, 0) is 23.8 Å². The minimum atomic E-state index is -0.377. The van der Waals surface area contributed by atoms with Gasteiger partial charge < -0.3 is 10.0 Å².